The molecule has 1 heterocycles. The molecule has 0 spiro atoms. The molecule has 0 unspecified atom stereocenters. The molecular formula is C12H22N2O3. The normalized spacial score (nSPS) is 17.9. The van der Waals surface area contributed by atoms with Crippen LogP contribution in [0.25, 0.3) is 0 Å². The van der Waals surface area contributed by atoms with Gasteiger partial charge in [0.2, 0.25) is 5.91 Å². The highest BCUT2D eigenvalue weighted by Gasteiger charge is 2.19. The quantitative estimate of drug-likeness (QED) is 0.719. The first kappa shape index (κ1) is 14.0. The summed E-state index contributed by atoms with van der Waals surface area (Å²) in [6, 6.07) is 0. The number of carboxylic acid groups (broad SMARTS) is 1. The SMILES string of the molecule is CNC(=O)CCN1CCC(CCC(=O)O)CC1. The van der Waals surface area contributed by atoms with Gasteiger partial charge < -0.3 is 15.3 Å². The molecule has 2 N–H and O–H groups in total. The van der Waals surface area contributed by atoms with Crippen LogP contribution in [-0.2, 0) is 9.59 Å². The van der Waals surface area contributed by atoms with E-state index in [1.807, 2.05) is 0 Å². The van der Waals surface area contributed by atoms with Crippen LogP contribution in [0.3, 0.4) is 0 Å². The molecule has 0 bridgehead atoms. The van der Waals surface area contributed by atoms with Crippen molar-refractivity contribution in [2.24, 2.45) is 5.92 Å². The topological polar surface area (TPSA) is 69.6 Å². The number of nitrogens with one attached hydrogen (secondary N) is 1. The molecule has 17 heavy (non-hydrogen) atoms. The van der Waals surface area contributed by atoms with Crippen molar-refractivity contribution < 1.29 is 14.7 Å². The molecule has 5 nitrogen and oxygen atoms in total. The van der Waals surface area contributed by atoms with Crippen molar-refractivity contribution >= 4 is 11.9 Å². The van der Waals surface area contributed by atoms with Gasteiger partial charge >= 0.3 is 5.97 Å². The first-order valence-electron chi connectivity index (χ1n) is 6.26. The average Bonchev–Trinajstić information content (AvgIpc) is 2.34. The van der Waals surface area contributed by atoms with Crippen LogP contribution < -0.4 is 5.32 Å². The van der Waals surface area contributed by atoms with Crippen molar-refractivity contribution in [3.8, 4) is 0 Å². The lowest BCUT2D eigenvalue weighted by molar-refractivity contribution is -0.137. The fraction of sp³-hybridized carbons (Fsp3) is 0.833. The van der Waals surface area contributed by atoms with Crippen molar-refractivity contribution in [2.45, 2.75) is 32.1 Å². The van der Waals surface area contributed by atoms with Crippen molar-refractivity contribution in [3.63, 3.8) is 0 Å². The Hall–Kier alpha value is -1.10. The van der Waals surface area contributed by atoms with E-state index in [0.29, 0.717) is 12.3 Å². The van der Waals surface area contributed by atoms with Gasteiger partial charge in [-0.1, -0.05) is 0 Å². The summed E-state index contributed by atoms with van der Waals surface area (Å²) < 4.78 is 0. The highest BCUT2D eigenvalue weighted by Crippen LogP contribution is 2.21. The Morgan fingerprint density at radius 2 is 1.94 bits per heavy atom. The Morgan fingerprint density at radius 1 is 1.29 bits per heavy atom. The van der Waals surface area contributed by atoms with E-state index in [2.05, 4.69) is 10.2 Å². The zero-order chi connectivity index (χ0) is 12.7. The predicted molar refractivity (Wildman–Crippen MR) is 64.7 cm³/mol. The van der Waals surface area contributed by atoms with E-state index >= 15 is 0 Å². The molecule has 0 saturated carbocycles. The number of hydrogen-bond acceptors (Lipinski definition) is 3. The van der Waals surface area contributed by atoms with E-state index in [4.69, 9.17) is 5.11 Å². The number of nitrogens with zero attached hydrogens (tertiary/aromatic N) is 1. The minimum Gasteiger partial charge on any atom is -0.481 e. The summed E-state index contributed by atoms with van der Waals surface area (Å²) in [6.07, 6.45) is 3.74. The third kappa shape index (κ3) is 5.68. The van der Waals surface area contributed by atoms with Gasteiger partial charge in [-0.2, -0.15) is 0 Å². The number of piperidine rings is 1. The first-order valence-corrected chi connectivity index (χ1v) is 6.26. The number of likely N-dealkylation sites (tertiary alicyclic amines) is 1. The number of aliphatic carboxylic acids is 1. The molecular weight excluding hydrogens is 220 g/mol. The summed E-state index contributed by atoms with van der Waals surface area (Å²) in [5.74, 6) is -0.0765. The lowest BCUT2D eigenvalue weighted by Crippen LogP contribution is -2.36. The molecule has 1 aliphatic heterocycles. The Morgan fingerprint density at radius 3 is 2.47 bits per heavy atom. The number of hydrogen-bond donors (Lipinski definition) is 2. The van der Waals surface area contributed by atoms with Crippen molar-refractivity contribution in [1.82, 2.24) is 10.2 Å². The highest BCUT2D eigenvalue weighted by atomic mass is 16.4. The fourth-order valence-corrected chi connectivity index (χ4v) is 2.21. The smallest absolute Gasteiger partial charge is 0.303 e. The van der Waals surface area contributed by atoms with Crippen molar-refractivity contribution in [2.75, 3.05) is 26.7 Å². The van der Waals surface area contributed by atoms with E-state index in [0.717, 1.165) is 38.9 Å². The van der Waals surface area contributed by atoms with Crippen LogP contribution in [0, 0.1) is 5.92 Å². The maximum Gasteiger partial charge on any atom is 0.303 e. The molecule has 0 aromatic heterocycles. The van der Waals surface area contributed by atoms with Gasteiger partial charge in [0.1, 0.15) is 0 Å². The second kappa shape index (κ2) is 7.27. The second-order valence-corrected chi connectivity index (χ2v) is 4.64. The van der Waals surface area contributed by atoms with Crippen LogP contribution in [0.2, 0.25) is 0 Å². The molecule has 1 amide bonds. The van der Waals surface area contributed by atoms with Gasteiger partial charge in [0, 0.05) is 26.4 Å². The molecule has 98 valence electrons. The fourth-order valence-electron chi connectivity index (χ4n) is 2.21. The lowest BCUT2D eigenvalue weighted by atomic mass is 9.92. The monoisotopic (exact) mass is 242 g/mol. The average molecular weight is 242 g/mol. The largest absolute Gasteiger partial charge is 0.481 e. The van der Waals surface area contributed by atoms with Crippen LogP contribution in [0.1, 0.15) is 32.1 Å². The van der Waals surface area contributed by atoms with E-state index in [1.54, 1.807) is 7.05 Å². The van der Waals surface area contributed by atoms with Crippen LogP contribution in [0.4, 0.5) is 0 Å². The molecule has 0 radical (unpaired) electrons. The molecule has 5 heteroatoms. The van der Waals surface area contributed by atoms with E-state index < -0.39 is 5.97 Å². The van der Waals surface area contributed by atoms with Gasteiger partial charge in [0.05, 0.1) is 0 Å². The number of carbonyl (C=O) groups excluding carboxylic acids is 1. The van der Waals surface area contributed by atoms with Crippen molar-refractivity contribution in [1.29, 1.82) is 0 Å². The summed E-state index contributed by atoms with van der Waals surface area (Å²) in [5.41, 5.74) is 0. The molecule has 1 aliphatic rings. The third-order valence-electron chi connectivity index (χ3n) is 3.41. The number of amides is 1. The zero-order valence-electron chi connectivity index (χ0n) is 10.4. The van der Waals surface area contributed by atoms with Gasteiger partial charge in [-0.3, -0.25) is 9.59 Å². The maximum absolute atomic E-state index is 11.1. The van der Waals surface area contributed by atoms with Crippen LogP contribution >= 0.6 is 0 Å². The molecule has 1 saturated heterocycles. The standard InChI is InChI=1S/C12H22N2O3/c1-13-11(15)6-9-14-7-4-10(5-8-14)2-3-12(16)17/h10H,2-9H2,1H3,(H,13,15)(H,16,17). The maximum atomic E-state index is 11.1. The Kier molecular flexibility index (Phi) is 5.97. The van der Waals surface area contributed by atoms with E-state index in [9.17, 15) is 9.59 Å². The molecule has 0 aromatic rings. The van der Waals surface area contributed by atoms with E-state index in [1.165, 1.54) is 0 Å². The molecule has 0 aromatic carbocycles. The summed E-state index contributed by atoms with van der Waals surface area (Å²) in [5, 5.41) is 11.2. The molecule has 1 rings (SSSR count). The van der Waals surface area contributed by atoms with E-state index in [-0.39, 0.29) is 12.3 Å². The minimum absolute atomic E-state index is 0.0815. The van der Waals surface area contributed by atoms with Gasteiger partial charge in [-0.25, -0.2) is 0 Å². The third-order valence-corrected chi connectivity index (χ3v) is 3.41. The molecule has 1 fully saturated rings. The summed E-state index contributed by atoms with van der Waals surface area (Å²) in [4.78, 5) is 23.8. The predicted octanol–water partition coefficient (Wildman–Crippen LogP) is 0.699. The second-order valence-electron chi connectivity index (χ2n) is 4.64. The summed E-state index contributed by atoms with van der Waals surface area (Å²) >= 11 is 0. The van der Waals surface area contributed by atoms with Gasteiger partial charge in [0.15, 0.2) is 0 Å². The van der Waals surface area contributed by atoms with Crippen LogP contribution in [-0.4, -0.2) is 48.6 Å². The Balaban J connectivity index is 2.13. The summed E-state index contributed by atoms with van der Waals surface area (Å²) in [6.45, 7) is 2.79. The van der Waals surface area contributed by atoms with Crippen LogP contribution in [0.15, 0.2) is 0 Å². The highest BCUT2D eigenvalue weighted by molar-refractivity contribution is 5.75. The van der Waals surface area contributed by atoms with Gasteiger partial charge in [-0.05, 0) is 38.3 Å². The van der Waals surface area contributed by atoms with Gasteiger partial charge in [-0.15, -0.1) is 0 Å². The van der Waals surface area contributed by atoms with Gasteiger partial charge in [0.25, 0.3) is 0 Å². The number of rotatable bonds is 6. The minimum atomic E-state index is -0.702. The Bertz CT molecular complexity index is 260. The zero-order valence-corrected chi connectivity index (χ0v) is 10.4. The lowest BCUT2D eigenvalue weighted by Gasteiger charge is -2.31. The summed E-state index contributed by atoms with van der Waals surface area (Å²) in [7, 11) is 1.65. The molecule has 0 atom stereocenters. The first-order chi connectivity index (χ1) is 8.11. The Labute approximate surface area is 102 Å². The number of carbonyl (C=O) groups is 2. The molecule has 0 aliphatic carbocycles. The van der Waals surface area contributed by atoms with Crippen LogP contribution in [0.5, 0.6) is 0 Å². The van der Waals surface area contributed by atoms with Crippen molar-refractivity contribution in [3.05, 3.63) is 0 Å². The number of carboxylic acids is 1.